The molecule has 0 aromatic heterocycles. The molecule has 7 heteroatoms. The van der Waals surface area contributed by atoms with Crippen LogP contribution in [0.25, 0.3) is 0 Å². The molecule has 0 fully saturated rings. The summed E-state index contributed by atoms with van der Waals surface area (Å²) in [6, 6.07) is 10.4. The van der Waals surface area contributed by atoms with Crippen molar-refractivity contribution in [1.82, 2.24) is 10.2 Å². The van der Waals surface area contributed by atoms with Crippen molar-refractivity contribution in [2.75, 3.05) is 6.61 Å². The van der Waals surface area contributed by atoms with Gasteiger partial charge in [-0.3, -0.25) is 9.59 Å². The number of benzene rings is 2. The van der Waals surface area contributed by atoms with Gasteiger partial charge in [0.15, 0.2) is 6.61 Å². The van der Waals surface area contributed by atoms with Gasteiger partial charge in [-0.15, -0.1) is 0 Å². The molecule has 0 saturated carbocycles. The molecule has 0 aliphatic carbocycles. The van der Waals surface area contributed by atoms with Crippen LogP contribution in [0.15, 0.2) is 40.9 Å². The van der Waals surface area contributed by atoms with E-state index in [1.807, 2.05) is 52.0 Å². The Balaban J connectivity index is 2.19. The summed E-state index contributed by atoms with van der Waals surface area (Å²) in [4.78, 5) is 27.4. The van der Waals surface area contributed by atoms with E-state index in [0.29, 0.717) is 10.8 Å². The summed E-state index contributed by atoms with van der Waals surface area (Å²) in [7, 11) is 0. The van der Waals surface area contributed by atoms with Crippen LogP contribution in [0, 0.1) is 13.8 Å². The van der Waals surface area contributed by atoms with E-state index in [1.165, 1.54) is 4.90 Å². The largest absolute Gasteiger partial charge is 0.484 e. The van der Waals surface area contributed by atoms with E-state index in [9.17, 15) is 9.59 Å². The molecule has 31 heavy (non-hydrogen) atoms. The Morgan fingerprint density at radius 1 is 1.16 bits per heavy atom. The summed E-state index contributed by atoms with van der Waals surface area (Å²) in [6.07, 6.45) is 0.812. The average Bonchev–Trinajstić information content (AvgIpc) is 2.73. The topological polar surface area (TPSA) is 58.6 Å². The summed E-state index contributed by atoms with van der Waals surface area (Å²) in [6.45, 7) is 9.71. The maximum Gasteiger partial charge on any atom is 0.261 e. The van der Waals surface area contributed by atoms with E-state index in [0.717, 1.165) is 27.6 Å². The summed E-state index contributed by atoms with van der Waals surface area (Å²) >= 11 is 9.64. The Kier molecular flexibility index (Phi) is 9.38. The standard InChI is InChI=1S/C24H30BrClN2O3/c1-6-17(4)27-24(30)18(5)28(13-19-8-7-9-20(26)12-19)22(29)14-31-21-10-15(2)23(25)16(3)11-21/h7-12,17-18H,6,13-14H2,1-5H3,(H,27,30)/t17-,18+/m0/s1. The quantitative estimate of drug-likeness (QED) is 0.490. The normalized spacial score (nSPS) is 12.7. The third kappa shape index (κ3) is 7.25. The molecule has 0 heterocycles. The van der Waals surface area contributed by atoms with E-state index in [4.69, 9.17) is 16.3 Å². The molecule has 0 aliphatic rings. The maximum absolute atomic E-state index is 13.1. The highest BCUT2D eigenvalue weighted by atomic mass is 79.9. The zero-order chi connectivity index (χ0) is 23.1. The minimum absolute atomic E-state index is 0.0306. The van der Waals surface area contributed by atoms with Gasteiger partial charge in [-0.2, -0.15) is 0 Å². The molecule has 5 nitrogen and oxygen atoms in total. The summed E-state index contributed by atoms with van der Waals surface area (Å²) < 4.78 is 6.81. The molecule has 0 radical (unpaired) electrons. The van der Waals surface area contributed by atoms with Crippen LogP contribution < -0.4 is 10.1 Å². The van der Waals surface area contributed by atoms with Gasteiger partial charge in [-0.1, -0.05) is 46.6 Å². The summed E-state index contributed by atoms with van der Waals surface area (Å²) in [5.74, 6) is 0.149. The third-order valence-electron chi connectivity index (χ3n) is 5.18. The van der Waals surface area contributed by atoms with Gasteiger partial charge >= 0.3 is 0 Å². The molecule has 0 bridgehead atoms. The molecule has 168 valence electrons. The van der Waals surface area contributed by atoms with Crippen molar-refractivity contribution < 1.29 is 14.3 Å². The highest BCUT2D eigenvalue weighted by molar-refractivity contribution is 9.10. The van der Waals surface area contributed by atoms with Crippen molar-refractivity contribution in [3.63, 3.8) is 0 Å². The number of ether oxygens (including phenoxy) is 1. The van der Waals surface area contributed by atoms with Gasteiger partial charge in [0.25, 0.3) is 5.91 Å². The number of rotatable bonds is 9. The second-order valence-corrected chi connectivity index (χ2v) is 9.03. The Hall–Kier alpha value is -2.05. The highest BCUT2D eigenvalue weighted by Crippen LogP contribution is 2.26. The van der Waals surface area contributed by atoms with E-state index in [-0.39, 0.29) is 31.0 Å². The van der Waals surface area contributed by atoms with Crippen molar-refractivity contribution in [1.29, 1.82) is 0 Å². The molecule has 2 rings (SSSR count). The Bertz CT molecular complexity index is 912. The van der Waals surface area contributed by atoms with Crippen molar-refractivity contribution in [2.24, 2.45) is 0 Å². The first-order valence-corrected chi connectivity index (χ1v) is 11.5. The summed E-state index contributed by atoms with van der Waals surface area (Å²) in [5.41, 5.74) is 2.90. The number of carbonyl (C=O) groups excluding carboxylic acids is 2. The van der Waals surface area contributed by atoms with Crippen LogP contribution in [0.5, 0.6) is 5.75 Å². The van der Waals surface area contributed by atoms with E-state index < -0.39 is 6.04 Å². The van der Waals surface area contributed by atoms with Gasteiger partial charge < -0.3 is 15.0 Å². The summed E-state index contributed by atoms with van der Waals surface area (Å²) in [5, 5.41) is 3.53. The van der Waals surface area contributed by atoms with Crippen LogP contribution in [0.3, 0.4) is 0 Å². The van der Waals surface area contributed by atoms with E-state index in [1.54, 1.807) is 19.1 Å². The number of hydrogen-bond donors (Lipinski definition) is 1. The van der Waals surface area contributed by atoms with E-state index >= 15 is 0 Å². The lowest BCUT2D eigenvalue weighted by Crippen LogP contribution is -2.50. The molecule has 2 aromatic carbocycles. The third-order valence-corrected chi connectivity index (χ3v) is 6.67. The van der Waals surface area contributed by atoms with Crippen molar-refractivity contribution >= 4 is 39.3 Å². The van der Waals surface area contributed by atoms with Crippen molar-refractivity contribution in [2.45, 2.75) is 59.7 Å². The fourth-order valence-electron chi connectivity index (χ4n) is 3.10. The molecular formula is C24H30BrClN2O3. The van der Waals surface area contributed by atoms with Crippen LogP contribution >= 0.6 is 27.5 Å². The second kappa shape index (κ2) is 11.5. The first-order chi connectivity index (χ1) is 14.6. The predicted molar refractivity (Wildman–Crippen MR) is 128 cm³/mol. The highest BCUT2D eigenvalue weighted by Gasteiger charge is 2.27. The first kappa shape index (κ1) is 25.2. The molecule has 0 spiro atoms. The first-order valence-electron chi connectivity index (χ1n) is 10.4. The van der Waals surface area contributed by atoms with Crippen LogP contribution in [0.2, 0.25) is 5.02 Å². The smallest absolute Gasteiger partial charge is 0.261 e. The van der Waals surface area contributed by atoms with E-state index in [2.05, 4.69) is 21.2 Å². The number of halogens is 2. The minimum Gasteiger partial charge on any atom is -0.484 e. The van der Waals surface area contributed by atoms with Crippen molar-refractivity contribution in [3.8, 4) is 5.75 Å². The minimum atomic E-state index is -0.655. The van der Waals surface area contributed by atoms with Crippen LogP contribution in [0.4, 0.5) is 0 Å². The lowest BCUT2D eigenvalue weighted by molar-refractivity contribution is -0.142. The molecule has 1 N–H and O–H groups in total. The number of aryl methyl sites for hydroxylation is 2. The van der Waals surface area contributed by atoms with Crippen LogP contribution in [-0.2, 0) is 16.1 Å². The predicted octanol–water partition coefficient (Wildman–Crippen LogP) is 5.43. The SMILES string of the molecule is CC[C@H](C)NC(=O)[C@@H](C)N(Cc1cccc(Cl)c1)C(=O)COc1cc(C)c(Br)c(C)c1. The molecule has 2 atom stereocenters. The zero-order valence-corrected chi connectivity index (χ0v) is 21.0. The van der Waals surface area contributed by atoms with Gasteiger partial charge in [0.05, 0.1) is 0 Å². The van der Waals surface area contributed by atoms with Gasteiger partial charge in [-0.05, 0) is 75.1 Å². The van der Waals surface area contributed by atoms with Crippen molar-refractivity contribution in [3.05, 3.63) is 62.6 Å². The molecule has 0 saturated heterocycles. The fraction of sp³-hybridized carbons (Fsp3) is 0.417. The Labute approximate surface area is 198 Å². The molecular weight excluding hydrogens is 480 g/mol. The van der Waals surface area contributed by atoms with Gasteiger partial charge in [0.2, 0.25) is 5.91 Å². The number of carbonyl (C=O) groups is 2. The Morgan fingerprint density at radius 3 is 2.39 bits per heavy atom. The van der Waals surface area contributed by atoms with Gasteiger partial charge in [-0.25, -0.2) is 0 Å². The molecule has 0 aliphatic heterocycles. The molecule has 2 amide bonds. The fourth-order valence-corrected chi connectivity index (χ4v) is 3.54. The van der Waals surface area contributed by atoms with Gasteiger partial charge in [0, 0.05) is 22.1 Å². The monoisotopic (exact) mass is 508 g/mol. The zero-order valence-electron chi connectivity index (χ0n) is 18.7. The lowest BCUT2D eigenvalue weighted by Gasteiger charge is -2.29. The Morgan fingerprint density at radius 2 is 1.81 bits per heavy atom. The number of hydrogen-bond acceptors (Lipinski definition) is 3. The van der Waals surface area contributed by atoms with Gasteiger partial charge in [0.1, 0.15) is 11.8 Å². The number of amides is 2. The molecule has 2 aromatic rings. The average molecular weight is 510 g/mol. The molecule has 0 unspecified atom stereocenters. The number of nitrogens with zero attached hydrogens (tertiary/aromatic N) is 1. The number of nitrogens with one attached hydrogen (secondary N) is 1. The lowest BCUT2D eigenvalue weighted by atomic mass is 10.1. The van der Waals surface area contributed by atoms with Crippen LogP contribution in [-0.4, -0.2) is 35.4 Å². The second-order valence-electron chi connectivity index (χ2n) is 7.81. The van der Waals surface area contributed by atoms with Crippen LogP contribution in [0.1, 0.15) is 43.9 Å². The maximum atomic E-state index is 13.1.